The van der Waals surface area contributed by atoms with Gasteiger partial charge in [-0.05, 0) is 55.9 Å². The van der Waals surface area contributed by atoms with Gasteiger partial charge in [-0.25, -0.2) is 14.6 Å². The van der Waals surface area contributed by atoms with Crippen LogP contribution in [0, 0.1) is 11.8 Å². The Labute approximate surface area is 322 Å². The van der Waals surface area contributed by atoms with Crippen molar-refractivity contribution in [2.24, 2.45) is 11.8 Å². The molecule has 0 radical (unpaired) electrons. The molecule has 54 heavy (non-hydrogen) atoms. The van der Waals surface area contributed by atoms with E-state index in [1.165, 1.54) is 16.2 Å². The van der Waals surface area contributed by atoms with Crippen molar-refractivity contribution in [2.75, 3.05) is 47.3 Å². The van der Waals surface area contributed by atoms with Gasteiger partial charge in [0.1, 0.15) is 12.1 Å². The molecule has 13 heteroatoms. The lowest BCUT2D eigenvalue weighted by Crippen LogP contribution is -2.58. The van der Waals surface area contributed by atoms with Crippen molar-refractivity contribution >= 4 is 23.9 Å². The molecular formula is C41H66N8O5. The van der Waals surface area contributed by atoms with E-state index in [1.54, 1.807) is 38.6 Å². The summed E-state index contributed by atoms with van der Waals surface area (Å²) in [4.78, 5) is 69.1. The fraction of sp³-hybridized carbons (Fsp3) is 0.683. The summed E-state index contributed by atoms with van der Waals surface area (Å²) in [6.07, 6.45) is 13.8. The number of nitrogens with zero attached hydrogens (tertiary/aromatic N) is 5. The van der Waals surface area contributed by atoms with Crippen molar-refractivity contribution in [3.05, 3.63) is 54.1 Å². The number of benzene rings is 1. The summed E-state index contributed by atoms with van der Waals surface area (Å²) in [7, 11) is 4.99. The largest absolute Gasteiger partial charge is 0.391 e. The highest BCUT2D eigenvalue weighted by Crippen LogP contribution is 2.29. The minimum Gasteiger partial charge on any atom is -0.391 e. The number of carbonyl (C=O) groups is 4. The zero-order chi connectivity index (χ0) is 39.0. The lowest BCUT2D eigenvalue weighted by atomic mass is 9.83. The van der Waals surface area contributed by atoms with Crippen molar-refractivity contribution in [1.82, 2.24) is 40.2 Å². The third-order valence-corrected chi connectivity index (χ3v) is 11.2. The summed E-state index contributed by atoms with van der Waals surface area (Å²) in [5.74, 6) is 0.0737. The number of H-pyrrole nitrogens is 1. The van der Waals surface area contributed by atoms with Crippen LogP contribution in [-0.4, -0.2) is 130 Å². The number of carbonyl (C=O) groups excluding carboxylic acids is 4. The van der Waals surface area contributed by atoms with Crippen LogP contribution < -0.4 is 10.6 Å². The van der Waals surface area contributed by atoms with Crippen LogP contribution in [0.25, 0.3) is 0 Å². The van der Waals surface area contributed by atoms with Crippen molar-refractivity contribution < 1.29 is 24.3 Å². The molecule has 2 aliphatic rings. The van der Waals surface area contributed by atoms with Crippen molar-refractivity contribution in [2.45, 2.75) is 122 Å². The standard InChI is InChI=1S/C41H66N8O5/c1-30(2)19-20-37(50)34(25-31-15-9-6-10-16-31)44-38(51)36(27-33-28-42-29-43-33)48(5)39(52)35(26-32-17-11-7-12-18-32)45-40(53)46(3)23-24-47(4)41(54)49-21-13-8-14-22-49/h7,11-12,17-18,28-31,34-37,50H,6,8-10,13-16,19-27H2,1-5H3,(H,42,43)(H,44,51)(H,45,53)/t34-,35-,36-,37-/m0/s1. The van der Waals surface area contributed by atoms with E-state index in [0.29, 0.717) is 36.9 Å². The highest BCUT2D eigenvalue weighted by atomic mass is 16.3. The van der Waals surface area contributed by atoms with E-state index in [-0.39, 0.29) is 31.3 Å². The SMILES string of the molecule is CC(C)CC[C@H](O)[C@H](CC1CCCCC1)NC(=O)[C@H](Cc1cnc[nH]1)N(C)C(=O)[C@H](Cc1ccccc1)NC(=O)N(C)CCN(C)C(=O)N1CCCCC1. The van der Waals surface area contributed by atoms with Crippen LogP contribution in [0.5, 0.6) is 0 Å². The molecule has 1 aromatic carbocycles. The number of rotatable bonds is 18. The summed E-state index contributed by atoms with van der Waals surface area (Å²) in [5, 5.41) is 17.6. The first-order valence-corrected chi connectivity index (χ1v) is 20.2. The van der Waals surface area contributed by atoms with Gasteiger partial charge in [-0.15, -0.1) is 0 Å². The number of aliphatic hydroxyl groups is 1. The molecule has 2 fully saturated rings. The van der Waals surface area contributed by atoms with E-state index in [2.05, 4.69) is 34.4 Å². The predicted molar refractivity (Wildman–Crippen MR) is 211 cm³/mol. The van der Waals surface area contributed by atoms with E-state index >= 15 is 0 Å². The molecule has 0 spiro atoms. The third kappa shape index (κ3) is 13.3. The Kier molecular flexibility index (Phi) is 17.1. The quantitative estimate of drug-likeness (QED) is 0.171. The van der Waals surface area contributed by atoms with Crippen molar-refractivity contribution in [3.8, 4) is 0 Å². The molecule has 1 saturated heterocycles. The normalized spacial score (nSPS) is 17.3. The lowest BCUT2D eigenvalue weighted by Gasteiger charge is -2.35. The van der Waals surface area contributed by atoms with Gasteiger partial charge in [0, 0.05) is 72.1 Å². The van der Waals surface area contributed by atoms with Gasteiger partial charge in [0.2, 0.25) is 11.8 Å². The molecule has 1 aromatic heterocycles. The van der Waals surface area contributed by atoms with E-state index in [4.69, 9.17) is 0 Å². The molecule has 2 aromatic rings. The third-order valence-electron chi connectivity index (χ3n) is 11.2. The van der Waals surface area contributed by atoms with E-state index in [1.807, 2.05) is 35.2 Å². The molecule has 4 atom stereocenters. The Morgan fingerprint density at radius 2 is 1.56 bits per heavy atom. The van der Waals surface area contributed by atoms with Crippen LogP contribution in [0.1, 0.15) is 95.7 Å². The average Bonchev–Trinajstić information content (AvgIpc) is 3.71. The number of urea groups is 2. The van der Waals surface area contributed by atoms with Crippen molar-refractivity contribution in [1.29, 1.82) is 0 Å². The van der Waals surface area contributed by atoms with Crippen LogP contribution in [0.3, 0.4) is 0 Å². The molecule has 2 heterocycles. The molecular weight excluding hydrogens is 685 g/mol. The Bertz CT molecular complexity index is 1430. The second kappa shape index (κ2) is 21.7. The number of aliphatic hydroxyl groups excluding tert-OH is 1. The van der Waals surface area contributed by atoms with Crippen LogP contribution in [0.2, 0.25) is 0 Å². The van der Waals surface area contributed by atoms with E-state index < -0.39 is 36.2 Å². The summed E-state index contributed by atoms with van der Waals surface area (Å²) in [6, 6.07) is 6.61. The first-order chi connectivity index (χ1) is 25.9. The highest BCUT2D eigenvalue weighted by molar-refractivity contribution is 5.92. The molecule has 4 N–H and O–H groups in total. The minimum absolute atomic E-state index is 0.0442. The number of likely N-dealkylation sites (N-methyl/N-ethyl adjacent to an activating group) is 3. The number of nitrogens with one attached hydrogen (secondary N) is 3. The molecule has 6 amide bonds. The van der Waals surface area contributed by atoms with Gasteiger partial charge in [0.05, 0.1) is 18.5 Å². The van der Waals surface area contributed by atoms with Gasteiger partial charge in [0.25, 0.3) is 0 Å². The Balaban J connectivity index is 1.50. The van der Waals surface area contributed by atoms with Gasteiger partial charge in [-0.1, -0.05) is 76.3 Å². The molecule has 0 bridgehead atoms. The number of hydrogen-bond donors (Lipinski definition) is 4. The van der Waals surface area contributed by atoms with Crippen LogP contribution in [-0.2, 0) is 22.4 Å². The maximum Gasteiger partial charge on any atom is 0.319 e. The van der Waals surface area contributed by atoms with Gasteiger partial charge < -0.3 is 40.3 Å². The van der Waals surface area contributed by atoms with Crippen LogP contribution in [0.15, 0.2) is 42.9 Å². The Morgan fingerprint density at radius 3 is 2.20 bits per heavy atom. The number of hydrogen-bond acceptors (Lipinski definition) is 6. The zero-order valence-electron chi connectivity index (χ0n) is 33.3. The van der Waals surface area contributed by atoms with E-state index in [9.17, 15) is 24.3 Å². The van der Waals surface area contributed by atoms with Crippen LogP contribution >= 0.6 is 0 Å². The molecule has 1 aliphatic heterocycles. The lowest BCUT2D eigenvalue weighted by molar-refractivity contribution is -0.141. The number of amides is 6. The Morgan fingerprint density at radius 1 is 0.889 bits per heavy atom. The monoisotopic (exact) mass is 751 g/mol. The van der Waals surface area contributed by atoms with Gasteiger partial charge in [-0.3, -0.25) is 9.59 Å². The smallest absolute Gasteiger partial charge is 0.319 e. The fourth-order valence-corrected chi connectivity index (χ4v) is 7.62. The maximum absolute atomic E-state index is 14.5. The van der Waals surface area contributed by atoms with Crippen LogP contribution in [0.4, 0.5) is 9.59 Å². The summed E-state index contributed by atoms with van der Waals surface area (Å²) >= 11 is 0. The molecule has 300 valence electrons. The maximum atomic E-state index is 14.5. The van der Waals surface area contributed by atoms with E-state index in [0.717, 1.165) is 70.0 Å². The number of piperidine rings is 1. The van der Waals surface area contributed by atoms with Gasteiger partial charge >= 0.3 is 12.1 Å². The first-order valence-electron chi connectivity index (χ1n) is 20.2. The molecule has 13 nitrogen and oxygen atoms in total. The van der Waals surface area contributed by atoms with Crippen molar-refractivity contribution in [3.63, 3.8) is 0 Å². The molecule has 4 rings (SSSR count). The number of aromatic amines is 1. The second-order valence-corrected chi connectivity index (χ2v) is 16.0. The second-order valence-electron chi connectivity index (χ2n) is 16.0. The summed E-state index contributed by atoms with van der Waals surface area (Å²) < 4.78 is 0. The molecule has 0 unspecified atom stereocenters. The Hall–Kier alpha value is -4.13. The number of aromatic nitrogens is 2. The van der Waals surface area contributed by atoms with Gasteiger partial charge in [-0.2, -0.15) is 0 Å². The highest BCUT2D eigenvalue weighted by Gasteiger charge is 2.36. The first kappa shape index (κ1) is 42.6. The number of likely N-dealkylation sites (tertiary alicyclic amines) is 1. The average molecular weight is 751 g/mol. The minimum atomic E-state index is -0.980. The topological polar surface area (TPSA) is 154 Å². The predicted octanol–water partition coefficient (Wildman–Crippen LogP) is 4.82. The number of imidazole rings is 1. The molecule has 1 saturated carbocycles. The van der Waals surface area contributed by atoms with Gasteiger partial charge in [0.15, 0.2) is 0 Å². The fourth-order valence-electron chi connectivity index (χ4n) is 7.62. The molecule has 1 aliphatic carbocycles. The zero-order valence-corrected chi connectivity index (χ0v) is 33.3. The summed E-state index contributed by atoms with van der Waals surface area (Å²) in [5.41, 5.74) is 1.54. The summed E-state index contributed by atoms with van der Waals surface area (Å²) in [6.45, 7) is 6.36.